The molecule has 0 amide bonds. The number of para-hydroxylation sites is 2. The molecule has 0 fully saturated rings. The summed E-state index contributed by atoms with van der Waals surface area (Å²) in [6, 6.07) is 11.7. The average Bonchev–Trinajstić information content (AvgIpc) is 2.33. The first-order chi connectivity index (χ1) is 8.59. The van der Waals surface area contributed by atoms with Crippen LogP contribution in [0.25, 0.3) is 0 Å². The second-order valence-electron chi connectivity index (χ2n) is 4.28. The lowest BCUT2D eigenvalue weighted by molar-refractivity contribution is 0.470. The summed E-state index contributed by atoms with van der Waals surface area (Å²) in [6.07, 6.45) is 1.71. The summed E-state index contributed by atoms with van der Waals surface area (Å²) >= 11 is 0. The molecule has 2 aromatic carbocycles. The van der Waals surface area contributed by atoms with E-state index in [0.717, 1.165) is 27.7 Å². The van der Waals surface area contributed by atoms with Crippen LogP contribution in [0.5, 0.6) is 5.75 Å². The predicted molar refractivity (Wildman–Crippen MR) is 80.6 cm³/mol. The second kappa shape index (κ2) is 5.32. The van der Waals surface area contributed by atoms with Gasteiger partial charge in [0.15, 0.2) is 0 Å². The zero-order chi connectivity index (χ0) is 13.1. The highest BCUT2D eigenvalue weighted by atomic mass is 31.0. The zero-order valence-electron chi connectivity index (χ0n) is 10.5. The lowest BCUT2D eigenvalue weighted by Gasteiger charge is -2.05. The van der Waals surface area contributed by atoms with Crippen LogP contribution in [0.1, 0.15) is 16.7 Å². The molecule has 0 aromatic heterocycles. The lowest BCUT2D eigenvalue weighted by atomic mass is 10.1. The highest BCUT2D eigenvalue weighted by Gasteiger charge is 2.02. The molecule has 0 saturated heterocycles. The molecular formula is C15H16NOP. The van der Waals surface area contributed by atoms with E-state index < -0.39 is 0 Å². The predicted octanol–water partition coefficient (Wildman–Crippen LogP) is 3.26. The number of hydrogen-bond donors (Lipinski definition) is 1. The Labute approximate surface area is 110 Å². The van der Waals surface area contributed by atoms with Crippen LogP contribution in [-0.2, 0) is 0 Å². The molecule has 0 radical (unpaired) electrons. The van der Waals surface area contributed by atoms with Crippen molar-refractivity contribution in [2.24, 2.45) is 4.99 Å². The van der Waals surface area contributed by atoms with Crippen LogP contribution in [0.4, 0.5) is 5.69 Å². The third-order valence-electron chi connectivity index (χ3n) is 2.87. The Bertz CT molecular complexity index is 585. The minimum Gasteiger partial charge on any atom is -0.507 e. The summed E-state index contributed by atoms with van der Waals surface area (Å²) in [5, 5.41) is 11.0. The molecule has 0 aliphatic carbocycles. The van der Waals surface area contributed by atoms with Gasteiger partial charge in [0, 0.05) is 11.8 Å². The van der Waals surface area contributed by atoms with Gasteiger partial charge in [-0.25, -0.2) is 0 Å². The van der Waals surface area contributed by atoms with E-state index in [4.69, 9.17) is 0 Å². The molecule has 1 unspecified atom stereocenters. The number of phenolic OH excluding ortho intramolecular Hbond substituents is 1. The minimum atomic E-state index is 0.292. The number of phenols is 1. The smallest absolute Gasteiger partial charge is 0.127 e. The van der Waals surface area contributed by atoms with Crippen LogP contribution in [0.2, 0.25) is 0 Å². The van der Waals surface area contributed by atoms with Crippen molar-refractivity contribution < 1.29 is 5.11 Å². The molecule has 0 spiro atoms. The Kier molecular flexibility index (Phi) is 3.78. The van der Waals surface area contributed by atoms with Gasteiger partial charge in [0.2, 0.25) is 0 Å². The van der Waals surface area contributed by atoms with Crippen LogP contribution < -0.4 is 5.30 Å². The third kappa shape index (κ3) is 2.60. The molecule has 0 heterocycles. The van der Waals surface area contributed by atoms with Gasteiger partial charge in [-0.1, -0.05) is 30.3 Å². The summed E-state index contributed by atoms with van der Waals surface area (Å²) < 4.78 is 0. The van der Waals surface area contributed by atoms with Gasteiger partial charge < -0.3 is 5.11 Å². The summed E-state index contributed by atoms with van der Waals surface area (Å²) in [7, 11) is 2.68. The number of aliphatic imine (C=N–C) groups is 1. The van der Waals surface area contributed by atoms with Crippen LogP contribution in [0.3, 0.4) is 0 Å². The summed E-state index contributed by atoms with van der Waals surface area (Å²) in [4.78, 5) is 4.47. The molecule has 2 rings (SSSR count). The average molecular weight is 257 g/mol. The molecule has 0 saturated carbocycles. The Hall–Kier alpha value is -1.66. The summed E-state index contributed by atoms with van der Waals surface area (Å²) in [6.45, 7) is 3.90. The largest absolute Gasteiger partial charge is 0.507 e. The molecule has 92 valence electrons. The minimum absolute atomic E-state index is 0.292. The van der Waals surface area contributed by atoms with Gasteiger partial charge in [-0.3, -0.25) is 4.99 Å². The Morgan fingerprint density at radius 2 is 1.72 bits per heavy atom. The maximum atomic E-state index is 9.92. The van der Waals surface area contributed by atoms with Crippen LogP contribution in [-0.4, -0.2) is 11.3 Å². The molecule has 0 bridgehead atoms. The van der Waals surface area contributed by atoms with E-state index in [9.17, 15) is 5.11 Å². The van der Waals surface area contributed by atoms with E-state index >= 15 is 0 Å². The van der Waals surface area contributed by atoms with Gasteiger partial charge in [0.05, 0.1) is 5.69 Å². The lowest BCUT2D eigenvalue weighted by Crippen LogP contribution is -1.94. The zero-order valence-corrected chi connectivity index (χ0v) is 11.7. The van der Waals surface area contributed by atoms with E-state index in [2.05, 4.69) is 14.2 Å². The second-order valence-corrected chi connectivity index (χ2v) is 4.91. The van der Waals surface area contributed by atoms with Gasteiger partial charge >= 0.3 is 0 Å². The Morgan fingerprint density at radius 3 is 2.44 bits per heavy atom. The van der Waals surface area contributed by atoms with Gasteiger partial charge in [-0.2, -0.15) is 0 Å². The fourth-order valence-corrected chi connectivity index (χ4v) is 2.19. The van der Waals surface area contributed by atoms with E-state index in [-0.39, 0.29) is 0 Å². The standard InChI is InChI=1S/C15H16NOP/c1-10-5-4-8-13(18)14(10)16-9-12-7-3-6-11(2)15(12)17/h3-9,17H,18H2,1-2H3. The van der Waals surface area contributed by atoms with Crippen molar-refractivity contribution in [2.45, 2.75) is 13.8 Å². The van der Waals surface area contributed by atoms with Crippen molar-refractivity contribution in [2.75, 3.05) is 0 Å². The highest BCUT2D eigenvalue weighted by Crippen LogP contribution is 2.22. The Morgan fingerprint density at radius 1 is 1.06 bits per heavy atom. The van der Waals surface area contributed by atoms with Crippen molar-refractivity contribution in [3.05, 3.63) is 53.1 Å². The van der Waals surface area contributed by atoms with E-state index in [1.165, 1.54) is 0 Å². The molecule has 3 heteroatoms. The first-order valence-corrected chi connectivity index (χ1v) is 6.35. The van der Waals surface area contributed by atoms with Crippen molar-refractivity contribution in [3.63, 3.8) is 0 Å². The fraction of sp³-hybridized carbons (Fsp3) is 0.133. The molecule has 1 atom stereocenters. The summed E-state index contributed by atoms with van der Waals surface area (Å²) in [5.74, 6) is 0.292. The van der Waals surface area contributed by atoms with Crippen molar-refractivity contribution in [3.8, 4) is 5.75 Å². The molecule has 2 nitrogen and oxygen atoms in total. The number of aromatic hydroxyl groups is 1. The summed E-state index contributed by atoms with van der Waals surface area (Å²) in [5.41, 5.74) is 3.65. The highest BCUT2D eigenvalue weighted by molar-refractivity contribution is 7.28. The maximum absolute atomic E-state index is 9.92. The third-order valence-corrected chi connectivity index (χ3v) is 3.34. The van der Waals surface area contributed by atoms with Gasteiger partial charge in [0.1, 0.15) is 5.75 Å². The first kappa shape index (κ1) is 12.8. The topological polar surface area (TPSA) is 32.6 Å². The van der Waals surface area contributed by atoms with E-state index in [1.54, 1.807) is 6.21 Å². The van der Waals surface area contributed by atoms with Crippen LogP contribution in [0, 0.1) is 13.8 Å². The first-order valence-electron chi connectivity index (χ1n) is 5.77. The molecule has 2 aromatic rings. The van der Waals surface area contributed by atoms with Crippen molar-refractivity contribution in [1.82, 2.24) is 0 Å². The van der Waals surface area contributed by atoms with Gasteiger partial charge in [0.25, 0.3) is 0 Å². The monoisotopic (exact) mass is 257 g/mol. The van der Waals surface area contributed by atoms with Crippen molar-refractivity contribution in [1.29, 1.82) is 0 Å². The van der Waals surface area contributed by atoms with Crippen molar-refractivity contribution >= 4 is 26.4 Å². The fourth-order valence-electron chi connectivity index (χ4n) is 1.78. The molecule has 1 N–H and O–H groups in total. The normalized spacial score (nSPS) is 11.1. The molecule has 18 heavy (non-hydrogen) atoms. The van der Waals surface area contributed by atoms with Gasteiger partial charge in [-0.05, 0) is 36.3 Å². The maximum Gasteiger partial charge on any atom is 0.127 e. The molecular weight excluding hydrogens is 241 g/mol. The number of aryl methyl sites for hydroxylation is 2. The van der Waals surface area contributed by atoms with E-state index in [0.29, 0.717) is 5.75 Å². The van der Waals surface area contributed by atoms with Crippen LogP contribution in [0.15, 0.2) is 41.4 Å². The number of hydrogen-bond acceptors (Lipinski definition) is 2. The van der Waals surface area contributed by atoms with Crippen LogP contribution >= 0.6 is 9.24 Å². The quantitative estimate of drug-likeness (QED) is 0.650. The van der Waals surface area contributed by atoms with E-state index in [1.807, 2.05) is 50.2 Å². The number of nitrogens with zero attached hydrogens (tertiary/aromatic N) is 1. The number of benzene rings is 2. The SMILES string of the molecule is Cc1cccc(C=Nc2c(C)cccc2P)c1O. The molecule has 0 aliphatic heterocycles. The number of rotatable bonds is 2. The van der Waals surface area contributed by atoms with Gasteiger partial charge in [-0.15, -0.1) is 9.24 Å². The molecule has 0 aliphatic rings. The Balaban J connectivity index is 2.39.